The van der Waals surface area contributed by atoms with Gasteiger partial charge in [-0.05, 0) is 51.3 Å². The smallest absolute Gasteiger partial charge is 0.00923 e. The molecule has 2 atom stereocenters. The van der Waals surface area contributed by atoms with Gasteiger partial charge in [0.2, 0.25) is 0 Å². The predicted molar refractivity (Wildman–Crippen MR) is 78.8 cm³/mol. The van der Waals surface area contributed by atoms with Gasteiger partial charge in [-0.3, -0.25) is 0 Å². The lowest BCUT2D eigenvalue weighted by Crippen LogP contribution is -2.38. The number of hydrogen-bond acceptors (Lipinski definition) is 2. The van der Waals surface area contributed by atoms with Gasteiger partial charge in [0.15, 0.2) is 0 Å². The third-order valence-corrected chi connectivity index (χ3v) is 5.91. The SMILES string of the molecule is CSC1CCCC(CN(C)C2CCCCC2)C1. The number of thioether (sulfide) groups is 1. The Morgan fingerprint density at radius 1 is 1.00 bits per heavy atom. The van der Waals surface area contributed by atoms with Crippen molar-refractivity contribution < 1.29 is 0 Å². The molecule has 1 nitrogen and oxygen atoms in total. The van der Waals surface area contributed by atoms with Gasteiger partial charge in [0, 0.05) is 17.8 Å². The van der Waals surface area contributed by atoms with E-state index in [-0.39, 0.29) is 0 Å². The number of nitrogens with zero attached hydrogens (tertiary/aromatic N) is 1. The molecule has 2 unspecified atom stereocenters. The van der Waals surface area contributed by atoms with Crippen LogP contribution < -0.4 is 0 Å². The van der Waals surface area contributed by atoms with Crippen LogP contribution >= 0.6 is 11.8 Å². The Morgan fingerprint density at radius 3 is 2.47 bits per heavy atom. The van der Waals surface area contributed by atoms with Crippen molar-refractivity contribution in [1.82, 2.24) is 4.90 Å². The van der Waals surface area contributed by atoms with Crippen LogP contribution in [0, 0.1) is 5.92 Å². The Hall–Kier alpha value is 0.310. The van der Waals surface area contributed by atoms with E-state index in [2.05, 4.69) is 30.0 Å². The fourth-order valence-electron chi connectivity index (χ4n) is 3.70. The zero-order chi connectivity index (χ0) is 12.1. The fraction of sp³-hybridized carbons (Fsp3) is 1.00. The summed E-state index contributed by atoms with van der Waals surface area (Å²) in [4.78, 5) is 2.69. The van der Waals surface area contributed by atoms with Crippen LogP contribution in [-0.4, -0.2) is 36.0 Å². The van der Waals surface area contributed by atoms with E-state index in [9.17, 15) is 0 Å². The molecule has 2 saturated carbocycles. The molecular formula is C15H29NS. The molecule has 0 aliphatic heterocycles. The molecule has 2 fully saturated rings. The van der Waals surface area contributed by atoms with Crippen molar-refractivity contribution in [3.8, 4) is 0 Å². The highest BCUT2D eigenvalue weighted by Gasteiger charge is 2.25. The van der Waals surface area contributed by atoms with Crippen molar-refractivity contribution in [3.05, 3.63) is 0 Å². The molecule has 0 aromatic heterocycles. The Labute approximate surface area is 112 Å². The molecule has 2 aliphatic rings. The lowest BCUT2D eigenvalue weighted by Gasteiger charge is -2.36. The first kappa shape index (κ1) is 13.7. The Balaban J connectivity index is 1.74. The van der Waals surface area contributed by atoms with Crippen molar-refractivity contribution in [2.24, 2.45) is 5.92 Å². The lowest BCUT2D eigenvalue weighted by molar-refractivity contribution is 0.152. The molecule has 0 aromatic rings. The van der Waals surface area contributed by atoms with Crippen LogP contribution in [0.3, 0.4) is 0 Å². The van der Waals surface area contributed by atoms with Crippen molar-refractivity contribution in [1.29, 1.82) is 0 Å². The highest BCUT2D eigenvalue weighted by molar-refractivity contribution is 7.99. The zero-order valence-electron chi connectivity index (χ0n) is 11.7. The average Bonchev–Trinajstić information content (AvgIpc) is 2.40. The minimum absolute atomic E-state index is 0.901. The number of hydrogen-bond donors (Lipinski definition) is 0. The van der Waals surface area contributed by atoms with Gasteiger partial charge in [-0.25, -0.2) is 0 Å². The third-order valence-electron chi connectivity index (χ3n) is 4.81. The van der Waals surface area contributed by atoms with Crippen molar-refractivity contribution in [3.63, 3.8) is 0 Å². The minimum Gasteiger partial charge on any atom is -0.303 e. The molecule has 2 aliphatic carbocycles. The van der Waals surface area contributed by atoms with E-state index < -0.39 is 0 Å². The maximum absolute atomic E-state index is 2.69. The molecular weight excluding hydrogens is 226 g/mol. The quantitative estimate of drug-likeness (QED) is 0.741. The van der Waals surface area contributed by atoms with Gasteiger partial charge in [0.05, 0.1) is 0 Å². The highest BCUT2D eigenvalue weighted by atomic mass is 32.2. The summed E-state index contributed by atoms with van der Waals surface area (Å²) in [5.74, 6) is 0.980. The van der Waals surface area contributed by atoms with Crippen LogP contribution in [0.15, 0.2) is 0 Å². The van der Waals surface area contributed by atoms with E-state index in [1.165, 1.54) is 64.3 Å². The van der Waals surface area contributed by atoms with E-state index in [0.717, 1.165) is 17.2 Å². The van der Waals surface area contributed by atoms with Crippen molar-refractivity contribution in [2.45, 2.75) is 69.1 Å². The molecule has 100 valence electrons. The summed E-state index contributed by atoms with van der Waals surface area (Å²) in [6.45, 7) is 1.36. The number of rotatable bonds is 4. The van der Waals surface area contributed by atoms with Gasteiger partial charge in [-0.2, -0.15) is 11.8 Å². The Morgan fingerprint density at radius 2 is 1.76 bits per heavy atom. The maximum atomic E-state index is 2.69. The van der Waals surface area contributed by atoms with E-state index in [1.807, 2.05) is 0 Å². The molecule has 0 radical (unpaired) electrons. The van der Waals surface area contributed by atoms with Crippen LogP contribution in [0.5, 0.6) is 0 Å². The van der Waals surface area contributed by atoms with Crippen molar-refractivity contribution in [2.75, 3.05) is 19.8 Å². The molecule has 0 bridgehead atoms. The molecule has 0 amide bonds. The van der Waals surface area contributed by atoms with Gasteiger partial charge in [-0.15, -0.1) is 0 Å². The highest BCUT2D eigenvalue weighted by Crippen LogP contribution is 2.32. The summed E-state index contributed by atoms with van der Waals surface area (Å²) in [5.41, 5.74) is 0. The topological polar surface area (TPSA) is 3.24 Å². The summed E-state index contributed by atoms with van der Waals surface area (Å²) < 4.78 is 0. The molecule has 0 saturated heterocycles. The first-order valence-electron chi connectivity index (χ1n) is 7.52. The maximum Gasteiger partial charge on any atom is 0.00923 e. The molecule has 2 rings (SSSR count). The predicted octanol–water partition coefficient (Wildman–Crippen LogP) is 4.17. The van der Waals surface area contributed by atoms with Gasteiger partial charge in [0.1, 0.15) is 0 Å². The summed E-state index contributed by atoms with van der Waals surface area (Å²) in [6.07, 6.45) is 15.5. The Kier molecular flexibility index (Phi) is 5.68. The van der Waals surface area contributed by atoms with Crippen LogP contribution in [0.2, 0.25) is 0 Å². The Bertz CT molecular complexity index is 213. The van der Waals surface area contributed by atoms with Gasteiger partial charge < -0.3 is 4.90 Å². The third kappa shape index (κ3) is 4.17. The molecule has 2 heteroatoms. The van der Waals surface area contributed by atoms with Crippen LogP contribution in [0.1, 0.15) is 57.8 Å². The van der Waals surface area contributed by atoms with Gasteiger partial charge >= 0.3 is 0 Å². The monoisotopic (exact) mass is 255 g/mol. The summed E-state index contributed by atoms with van der Waals surface area (Å²) >= 11 is 2.09. The lowest BCUT2D eigenvalue weighted by atomic mass is 9.87. The van der Waals surface area contributed by atoms with Gasteiger partial charge in [0.25, 0.3) is 0 Å². The molecule has 0 heterocycles. The fourth-order valence-corrected chi connectivity index (χ4v) is 4.57. The van der Waals surface area contributed by atoms with Crippen LogP contribution in [0.4, 0.5) is 0 Å². The summed E-state index contributed by atoms with van der Waals surface area (Å²) in [7, 11) is 2.37. The van der Waals surface area contributed by atoms with E-state index in [4.69, 9.17) is 0 Å². The molecule has 0 N–H and O–H groups in total. The van der Waals surface area contributed by atoms with E-state index in [1.54, 1.807) is 0 Å². The first-order valence-corrected chi connectivity index (χ1v) is 8.81. The first-order chi connectivity index (χ1) is 8.29. The standard InChI is InChI=1S/C15H29NS/c1-16(14-8-4-3-5-9-14)12-13-7-6-10-15(11-13)17-2/h13-15H,3-12H2,1-2H3. The second-order valence-corrected chi connectivity index (χ2v) is 7.26. The summed E-state index contributed by atoms with van der Waals surface area (Å²) in [6, 6.07) is 0.901. The van der Waals surface area contributed by atoms with Crippen molar-refractivity contribution >= 4 is 11.8 Å². The minimum atomic E-state index is 0.901. The summed E-state index contributed by atoms with van der Waals surface area (Å²) in [5, 5.41) is 0.952. The second kappa shape index (κ2) is 7.04. The molecule has 17 heavy (non-hydrogen) atoms. The zero-order valence-corrected chi connectivity index (χ0v) is 12.5. The average molecular weight is 255 g/mol. The molecule has 0 aromatic carbocycles. The second-order valence-electron chi connectivity index (χ2n) is 6.12. The normalized spacial score (nSPS) is 31.9. The van der Waals surface area contributed by atoms with Crippen LogP contribution in [0.25, 0.3) is 0 Å². The van der Waals surface area contributed by atoms with E-state index in [0.29, 0.717) is 0 Å². The van der Waals surface area contributed by atoms with Gasteiger partial charge in [-0.1, -0.05) is 25.7 Å². The van der Waals surface area contributed by atoms with Crippen LogP contribution in [-0.2, 0) is 0 Å². The van der Waals surface area contributed by atoms with E-state index >= 15 is 0 Å². The largest absolute Gasteiger partial charge is 0.303 e. The molecule has 0 spiro atoms.